The molecule has 0 saturated carbocycles. The molecule has 2 aliphatic rings. The van der Waals surface area contributed by atoms with Crippen LogP contribution in [0.1, 0.15) is 12.0 Å². The molecule has 2 aliphatic carbocycles. The van der Waals surface area contributed by atoms with Crippen LogP contribution < -0.4 is 4.74 Å². The van der Waals surface area contributed by atoms with Crippen molar-refractivity contribution in [2.24, 2.45) is 0 Å². The Morgan fingerprint density at radius 3 is 2.50 bits per heavy atom. The highest BCUT2D eigenvalue weighted by Crippen LogP contribution is 2.32. The van der Waals surface area contributed by atoms with E-state index in [0.29, 0.717) is 28.2 Å². The smallest absolute Gasteiger partial charge is 0.315 e. The molecule has 3 aromatic rings. The van der Waals surface area contributed by atoms with E-state index in [2.05, 4.69) is 35.3 Å². The molecule has 2 aromatic carbocycles. The lowest BCUT2D eigenvalue weighted by molar-refractivity contribution is -0.136. The molecular weight excluding hydrogens is 400 g/mol. The largest absolute Gasteiger partial charge is 0.481 e. The SMILES string of the molecule is C#Cn1c(Oc2cccc(CCC(=O)O)c2)nc2ccc(Cl)cc21.c1cc2cc-2c1. The molecule has 30 heavy (non-hydrogen) atoms. The molecule has 1 N–H and O–H groups in total. The molecule has 148 valence electrons. The fourth-order valence-electron chi connectivity index (χ4n) is 3.02. The number of rotatable bonds is 5. The standard InChI is InChI=1S/C18H13ClN2O3.C6H4/c1-2-21-16-11-13(19)7-8-15(16)20-18(21)24-14-5-3-4-12(10-14)6-9-17(22)23;1-2-5-4-6(5)3-1/h1,3-5,7-8,10-11H,6,9H2,(H,22,23);1-4H. The van der Waals surface area contributed by atoms with E-state index in [-0.39, 0.29) is 12.4 Å². The van der Waals surface area contributed by atoms with E-state index in [4.69, 9.17) is 27.9 Å². The Balaban J connectivity index is 0.000000305. The van der Waals surface area contributed by atoms with Crippen molar-refractivity contribution in [3.8, 4) is 35.4 Å². The second kappa shape index (κ2) is 8.32. The number of aromatic nitrogens is 2. The molecule has 5 nitrogen and oxygen atoms in total. The van der Waals surface area contributed by atoms with E-state index in [9.17, 15) is 4.79 Å². The third-order valence-corrected chi connectivity index (χ3v) is 4.80. The zero-order valence-corrected chi connectivity index (χ0v) is 16.6. The quantitative estimate of drug-likeness (QED) is 0.378. The van der Waals surface area contributed by atoms with Gasteiger partial charge in [-0.3, -0.25) is 4.79 Å². The number of ether oxygens (including phenoxy) is 1. The number of fused-ring (bicyclic) bond motifs is 2. The van der Waals surface area contributed by atoms with Crippen molar-refractivity contribution >= 4 is 28.6 Å². The van der Waals surface area contributed by atoms with Crippen molar-refractivity contribution in [3.05, 3.63) is 77.3 Å². The van der Waals surface area contributed by atoms with Gasteiger partial charge in [0, 0.05) is 17.5 Å². The van der Waals surface area contributed by atoms with Crippen molar-refractivity contribution in [1.29, 1.82) is 0 Å². The number of hydrogen-bond donors (Lipinski definition) is 1. The van der Waals surface area contributed by atoms with Gasteiger partial charge in [0.15, 0.2) is 0 Å². The molecule has 0 fully saturated rings. The van der Waals surface area contributed by atoms with Crippen LogP contribution in [-0.4, -0.2) is 20.6 Å². The Morgan fingerprint density at radius 2 is 1.87 bits per heavy atom. The van der Waals surface area contributed by atoms with Gasteiger partial charge in [-0.05, 0) is 59.5 Å². The summed E-state index contributed by atoms with van der Waals surface area (Å²) in [6.45, 7) is 0. The van der Waals surface area contributed by atoms with Gasteiger partial charge < -0.3 is 9.84 Å². The Morgan fingerprint density at radius 1 is 1.10 bits per heavy atom. The molecule has 0 aliphatic heterocycles. The first kappa shape index (κ1) is 19.6. The number of aliphatic carboxylic acids is 1. The lowest BCUT2D eigenvalue weighted by atomic mass is 10.1. The van der Waals surface area contributed by atoms with Crippen molar-refractivity contribution in [1.82, 2.24) is 9.55 Å². The number of terminal acetylenes is 1. The van der Waals surface area contributed by atoms with Crippen LogP contribution >= 0.6 is 11.6 Å². The van der Waals surface area contributed by atoms with Crippen LogP contribution in [0.25, 0.3) is 22.2 Å². The fraction of sp³-hybridized carbons (Fsp3) is 0.0833. The van der Waals surface area contributed by atoms with E-state index >= 15 is 0 Å². The van der Waals surface area contributed by atoms with E-state index in [1.165, 1.54) is 15.7 Å². The van der Waals surface area contributed by atoms with Crippen LogP contribution in [0.4, 0.5) is 0 Å². The fourth-order valence-corrected chi connectivity index (χ4v) is 3.18. The van der Waals surface area contributed by atoms with Gasteiger partial charge in [0.25, 0.3) is 0 Å². The maximum absolute atomic E-state index is 10.7. The summed E-state index contributed by atoms with van der Waals surface area (Å²) >= 11 is 6.00. The molecule has 6 heteroatoms. The highest BCUT2D eigenvalue weighted by Gasteiger charge is 2.12. The number of nitrogens with zero attached hydrogens (tertiary/aromatic N) is 2. The van der Waals surface area contributed by atoms with Crippen LogP contribution in [0.5, 0.6) is 11.8 Å². The van der Waals surface area contributed by atoms with Crippen LogP contribution in [0.3, 0.4) is 0 Å². The van der Waals surface area contributed by atoms with Gasteiger partial charge in [0.05, 0.1) is 11.0 Å². The van der Waals surface area contributed by atoms with E-state index < -0.39 is 5.97 Å². The predicted octanol–water partition coefficient (Wildman–Crippen LogP) is 5.61. The molecule has 1 aromatic heterocycles. The number of benzene rings is 3. The molecule has 5 rings (SSSR count). The second-order valence-corrected chi connectivity index (χ2v) is 7.15. The molecule has 0 bridgehead atoms. The minimum atomic E-state index is -0.840. The molecule has 0 unspecified atom stereocenters. The Labute approximate surface area is 178 Å². The van der Waals surface area contributed by atoms with E-state index in [0.717, 1.165) is 5.56 Å². The highest BCUT2D eigenvalue weighted by atomic mass is 35.5. The summed E-state index contributed by atoms with van der Waals surface area (Å²) in [5.74, 6) is -0.303. The van der Waals surface area contributed by atoms with Crippen molar-refractivity contribution in [2.45, 2.75) is 12.8 Å². The van der Waals surface area contributed by atoms with Gasteiger partial charge in [-0.2, -0.15) is 4.98 Å². The lowest BCUT2D eigenvalue weighted by Gasteiger charge is -2.06. The van der Waals surface area contributed by atoms with E-state index in [1.807, 2.05) is 6.07 Å². The monoisotopic (exact) mass is 416 g/mol. The topological polar surface area (TPSA) is 64.3 Å². The Bertz CT molecular complexity index is 1270. The third kappa shape index (κ3) is 4.45. The molecule has 0 saturated heterocycles. The summed E-state index contributed by atoms with van der Waals surface area (Å²) in [7, 11) is 0. The van der Waals surface area contributed by atoms with Gasteiger partial charge in [-0.15, -0.1) is 0 Å². The van der Waals surface area contributed by atoms with Crippen LogP contribution in [-0.2, 0) is 11.2 Å². The summed E-state index contributed by atoms with van der Waals surface area (Å²) in [5.41, 5.74) is 5.07. The van der Waals surface area contributed by atoms with Gasteiger partial charge in [-0.25, -0.2) is 4.57 Å². The number of carbonyl (C=O) groups is 1. The third-order valence-electron chi connectivity index (χ3n) is 4.56. The zero-order chi connectivity index (χ0) is 21.1. The zero-order valence-electron chi connectivity index (χ0n) is 15.9. The van der Waals surface area contributed by atoms with Crippen LogP contribution in [0, 0.1) is 12.5 Å². The molecule has 0 amide bonds. The molecule has 0 spiro atoms. The molecule has 0 atom stereocenters. The Hall–Kier alpha value is -3.75. The normalized spacial score (nSPS) is 10.7. The maximum Gasteiger partial charge on any atom is 0.315 e. The first-order valence-corrected chi connectivity index (χ1v) is 9.65. The lowest BCUT2D eigenvalue weighted by Crippen LogP contribution is -1.98. The number of halogens is 1. The van der Waals surface area contributed by atoms with Gasteiger partial charge in [0.1, 0.15) is 5.75 Å². The summed E-state index contributed by atoms with van der Waals surface area (Å²) in [4.78, 5) is 15.1. The summed E-state index contributed by atoms with van der Waals surface area (Å²) in [5, 5.41) is 9.33. The van der Waals surface area contributed by atoms with Crippen LogP contribution in [0.2, 0.25) is 5.02 Å². The first-order chi connectivity index (χ1) is 14.5. The van der Waals surface area contributed by atoms with Crippen molar-refractivity contribution < 1.29 is 14.6 Å². The number of carboxylic acid groups (broad SMARTS) is 1. The first-order valence-electron chi connectivity index (χ1n) is 9.27. The average Bonchev–Trinajstić information content (AvgIpc) is 3.17. The van der Waals surface area contributed by atoms with Gasteiger partial charge in [0.2, 0.25) is 0 Å². The average molecular weight is 417 g/mol. The highest BCUT2D eigenvalue weighted by molar-refractivity contribution is 6.31. The number of carboxylic acids is 1. The number of imidazole rings is 1. The number of hydrogen-bond acceptors (Lipinski definition) is 3. The minimum absolute atomic E-state index is 0.0603. The number of aryl methyl sites for hydroxylation is 1. The summed E-state index contributed by atoms with van der Waals surface area (Å²) < 4.78 is 7.27. The second-order valence-electron chi connectivity index (χ2n) is 6.72. The predicted molar refractivity (Wildman–Crippen MR) is 117 cm³/mol. The van der Waals surface area contributed by atoms with Crippen molar-refractivity contribution in [2.75, 3.05) is 0 Å². The van der Waals surface area contributed by atoms with Gasteiger partial charge >= 0.3 is 12.0 Å². The van der Waals surface area contributed by atoms with Crippen molar-refractivity contribution in [3.63, 3.8) is 0 Å². The summed E-state index contributed by atoms with van der Waals surface area (Å²) in [6, 6.07) is 23.6. The minimum Gasteiger partial charge on any atom is -0.481 e. The molecule has 0 radical (unpaired) electrons. The molecular formula is C24H17ClN2O3. The van der Waals surface area contributed by atoms with Crippen LogP contribution in [0.15, 0.2) is 66.7 Å². The Kier molecular flexibility index (Phi) is 5.42. The maximum atomic E-state index is 10.7. The van der Waals surface area contributed by atoms with E-state index in [1.54, 1.807) is 36.4 Å². The summed E-state index contributed by atoms with van der Waals surface area (Å²) in [6.07, 6.45) is 6.05. The molecule has 1 heterocycles. The van der Waals surface area contributed by atoms with Gasteiger partial charge in [-0.1, -0.05) is 48.4 Å².